The molecule has 8 heteroatoms. The smallest absolute Gasteiger partial charge is 0.289 e. The molecule has 1 aliphatic rings. The SMILES string of the molecule is Cn1ncc2c(N3CCCCC3)nc(C(=O)NCc3ccc(Cl)cc3)nc21. The zero-order valence-electron chi connectivity index (χ0n) is 15.2. The van der Waals surface area contributed by atoms with Gasteiger partial charge in [-0.05, 0) is 37.0 Å². The Morgan fingerprint density at radius 3 is 2.63 bits per heavy atom. The number of rotatable bonds is 4. The van der Waals surface area contributed by atoms with Gasteiger partial charge in [-0.2, -0.15) is 5.10 Å². The summed E-state index contributed by atoms with van der Waals surface area (Å²) < 4.78 is 1.68. The summed E-state index contributed by atoms with van der Waals surface area (Å²) in [5.74, 6) is 0.663. The number of nitrogens with one attached hydrogen (secondary N) is 1. The highest BCUT2D eigenvalue weighted by atomic mass is 35.5. The molecule has 1 N–H and O–H groups in total. The number of anilines is 1. The standard InChI is InChI=1S/C19H21ClN6O/c1-25-17-15(12-22-25)18(26-9-3-2-4-10-26)24-16(23-17)19(27)21-11-13-5-7-14(20)8-6-13/h5-8,12H,2-4,9-11H2,1H3,(H,21,27). The van der Waals surface area contributed by atoms with Crippen molar-refractivity contribution in [1.29, 1.82) is 0 Å². The van der Waals surface area contributed by atoms with Crippen LogP contribution in [0.2, 0.25) is 5.02 Å². The second-order valence-electron chi connectivity index (χ2n) is 6.73. The van der Waals surface area contributed by atoms with Crippen molar-refractivity contribution in [2.24, 2.45) is 7.05 Å². The summed E-state index contributed by atoms with van der Waals surface area (Å²) in [6, 6.07) is 7.37. The molecule has 7 nitrogen and oxygen atoms in total. The lowest BCUT2D eigenvalue weighted by molar-refractivity contribution is 0.0941. The Morgan fingerprint density at radius 2 is 1.89 bits per heavy atom. The van der Waals surface area contributed by atoms with Crippen molar-refractivity contribution in [1.82, 2.24) is 25.1 Å². The van der Waals surface area contributed by atoms with Crippen molar-refractivity contribution in [3.63, 3.8) is 0 Å². The molecular formula is C19H21ClN6O. The van der Waals surface area contributed by atoms with Gasteiger partial charge in [-0.3, -0.25) is 9.48 Å². The fourth-order valence-electron chi connectivity index (χ4n) is 3.32. The number of nitrogens with zero attached hydrogens (tertiary/aromatic N) is 5. The van der Waals surface area contributed by atoms with Crippen LogP contribution < -0.4 is 10.2 Å². The predicted molar refractivity (Wildman–Crippen MR) is 105 cm³/mol. The third-order valence-electron chi connectivity index (χ3n) is 4.80. The first-order valence-corrected chi connectivity index (χ1v) is 9.47. The van der Waals surface area contributed by atoms with Crippen molar-refractivity contribution in [3.8, 4) is 0 Å². The molecule has 3 aromatic rings. The maximum Gasteiger partial charge on any atom is 0.289 e. The number of hydrogen-bond donors (Lipinski definition) is 1. The molecule has 2 aromatic heterocycles. The number of halogens is 1. The fraction of sp³-hybridized carbons (Fsp3) is 0.368. The van der Waals surface area contributed by atoms with Gasteiger partial charge in [0.15, 0.2) is 5.65 Å². The Hall–Kier alpha value is -2.67. The number of hydrogen-bond acceptors (Lipinski definition) is 5. The zero-order valence-corrected chi connectivity index (χ0v) is 15.9. The number of piperidine rings is 1. The zero-order chi connectivity index (χ0) is 18.8. The van der Waals surface area contributed by atoms with Crippen molar-refractivity contribution >= 4 is 34.4 Å². The number of fused-ring (bicyclic) bond motifs is 1. The monoisotopic (exact) mass is 384 g/mol. The number of carbonyl (C=O) groups excluding carboxylic acids is 1. The van der Waals surface area contributed by atoms with Gasteiger partial charge in [-0.1, -0.05) is 23.7 Å². The first-order valence-electron chi connectivity index (χ1n) is 9.09. The van der Waals surface area contributed by atoms with E-state index in [0.717, 1.165) is 42.7 Å². The van der Waals surface area contributed by atoms with Crippen LogP contribution in [0.25, 0.3) is 11.0 Å². The highest BCUT2D eigenvalue weighted by Gasteiger charge is 2.21. The minimum absolute atomic E-state index is 0.167. The quantitative estimate of drug-likeness (QED) is 0.748. The van der Waals surface area contributed by atoms with Crippen LogP contribution in [0.15, 0.2) is 30.5 Å². The minimum Gasteiger partial charge on any atom is -0.356 e. The molecule has 0 atom stereocenters. The maximum atomic E-state index is 12.7. The summed E-state index contributed by atoms with van der Waals surface area (Å²) in [6.45, 7) is 2.27. The van der Waals surface area contributed by atoms with E-state index in [1.807, 2.05) is 19.2 Å². The average molecular weight is 385 g/mol. The molecule has 0 unspecified atom stereocenters. The lowest BCUT2D eigenvalue weighted by Crippen LogP contribution is -2.32. The van der Waals surface area contributed by atoms with Crippen LogP contribution >= 0.6 is 11.6 Å². The molecule has 140 valence electrons. The van der Waals surface area contributed by atoms with Crippen LogP contribution in [-0.2, 0) is 13.6 Å². The highest BCUT2D eigenvalue weighted by molar-refractivity contribution is 6.30. The minimum atomic E-state index is -0.300. The summed E-state index contributed by atoms with van der Waals surface area (Å²) in [6.07, 6.45) is 5.26. The van der Waals surface area contributed by atoms with Crippen LogP contribution in [-0.4, -0.2) is 38.7 Å². The van der Waals surface area contributed by atoms with E-state index in [1.165, 1.54) is 6.42 Å². The van der Waals surface area contributed by atoms with Gasteiger partial charge in [0, 0.05) is 31.7 Å². The summed E-state index contributed by atoms with van der Waals surface area (Å²) in [4.78, 5) is 24.0. The highest BCUT2D eigenvalue weighted by Crippen LogP contribution is 2.26. The van der Waals surface area contributed by atoms with E-state index < -0.39 is 0 Å². The van der Waals surface area contributed by atoms with Crippen LogP contribution in [0.4, 0.5) is 5.82 Å². The number of amides is 1. The van der Waals surface area contributed by atoms with Gasteiger partial charge in [0.1, 0.15) is 5.82 Å². The second-order valence-corrected chi connectivity index (χ2v) is 7.17. The molecule has 1 aliphatic heterocycles. The van der Waals surface area contributed by atoms with Crippen LogP contribution in [0.5, 0.6) is 0 Å². The Morgan fingerprint density at radius 1 is 1.15 bits per heavy atom. The number of aryl methyl sites for hydroxylation is 1. The van der Waals surface area contributed by atoms with Gasteiger partial charge in [0.05, 0.1) is 11.6 Å². The van der Waals surface area contributed by atoms with Gasteiger partial charge in [0.2, 0.25) is 5.82 Å². The van der Waals surface area contributed by atoms with Crippen molar-refractivity contribution in [3.05, 3.63) is 46.9 Å². The van der Waals surface area contributed by atoms with Gasteiger partial charge in [-0.25, -0.2) is 9.97 Å². The lowest BCUT2D eigenvalue weighted by atomic mass is 10.1. The van der Waals surface area contributed by atoms with E-state index in [9.17, 15) is 4.79 Å². The Labute approximate surface area is 162 Å². The Kier molecular flexibility index (Phi) is 4.94. The van der Waals surface area contributed by atoms with E-state index in [-0.39, 0.29) is 11.7 Å². The molecule has 1 saturated heterocycles. The fourth-order valence-corrected chi connectivity index (χ4v) is 3.45. The second kappa shape index (κ2) is 7.52. The normalized spacial score (nSPS) is 14.5. The molecule has 0 saturated carbocycles. The molecule has 3 heterocycles. The summed E-state index contributed by atoms with van der Waals surface area (Å²) >= 11 is 5.90. The molecule has 0 spiro atoms. The van der Waals surface area contributed by atoms with Crippen LogP contribution in [0.3, 0.4) is 0 Å². The van der Waals surface area contributed by atoms with Crippen LogP contribution in [0, 0.1) is 0 Å². The van der Waals surface area contributed by atoms with Crippen molar-refractivity contribution in [2.45, 2.75) is 25.8 Å². The molecular weight excluding hydrogens is 364 g/mol. The molecule has 1 aromatic carbocycles. The molecule has 27 heavy (non-hydrogen) atoms. The third-order valence-corrected chi connectivity index (χ3v) is 5.05. The molecule has 1 amide bonds. The van der Waals surface area contributed by atoms with E-state index >= 15 is 0 Å². The van der Waals surface area contributed by atoms with Gasteiger partial charge >= 0.3 is 0 Å². The van der Waals surface area contributed by atoms with Crippen molar-refractivity contribution < 1.29 is 4.79 Å². The summed E-state index contributed by atoms with van der Waals surface area (Å²) in [7, 11) is 1.82. The van der Waals surface area contributed by atoms with E-state index in [2.05, 4.69) is 25.3 Å². The van der Waals surface area contributed by atoms with Gasteiger partial charge < -0.3 is 10.2 Å². The first kappa shape index (κ1) is 17.7. The Balaban J connectivity index is 1.61. The average Bonchev–Trinajstić information content (AvgIpc) is 3.08. The lowest BCUT2D eigenvalue weighted by Gasteiger charge is -2.28. The number of carbonyl (C=O) groups is 1. The summed E-state index contributed by atoms with van der Waals surface area (Å²) in [5.41, 5.74) is 1.63. The van der Waals surface area contributed by atoms with Gasteiger partial charge in [-0.15, -0.1) is 0 Å². The Bertz CT molecular complexity index is 962. The number of aromatic nitrogens is 4. The van der Waals surface area contributed by atoms with E-state index in [1.54, 1.807) is 23.0 Å². The van der Waals surface area contributed by atoms with Crippen LogP contribution in [0.1, 0.15) is 35.4 Å². The predicted octanol–water partition coefficient (Wildman–Crippen LogP) is 2.94. The summed E-state index contributed by atoms with van der Waals surface area (Å²) in [5, 5.41) is 8.73. The largest absolute Gasteiger partial charge is 0.356 e. The molecule has 0 aliphatic carbocycles. The van der Waals surface area contributed by atoms with Gasteiger partial charge in [0.25, 0.3) is 5.91 Å². The van der Waals surface area contributed by atoms with E-state index in [0.29, 0.717) is 17.2 Å². The maximum absolute atomic E-state index is 12.7. The number of benzene rings is 1. The van der Waals surface area contributed by atoms with Crippen molar-refractivity contribution in [2.75, 3.05) is 18.0 Å². The topological polar surface area (TPSA) is 75.9 Å². The molecule has 0 radical (unpaired) electrons. The van der Waals surface area contributed by atoms with E-state index in [4.69, 9.17) is 11.6 Å². The molecule has 0 bridgehead atoms. The molecule has 1 fully saturated rings. The molecule has 4 rings (SSSR count). The first-order chi connectivity index (χ1) is 13.1. The third kappa shape index (κ3) is 3.73.